The lowest BCUT2D eigenvalue weighted by atomic mass is 9.85. The summed E-state index contributed by atoms with van der Waals surface area (Å²) in [4.78, 5) is 24.5. The van der Waals surface area contributed by atoms with E-state index in [1.165, 1.54) is 32.1 Å². The molecule has 1 N–H and O–H groups in total. The number of hydrogen-bond acceptors (Lipinski definition) is 4. The third-order valence-electron chi connectivity index (χ3n) is 4.64. The van der Waals surface area contributed by atoms with Crippen molar-refractivity contribution < 1.29 is 14.3 Å². The molecule has 1 aromatic rings. The molecule has 5 heteroatoms. The molecule has 0 atom stereocenters. The molecule has 158 valence electrons. The Morgan fingerprint density at radius 3 is 2.29 bits per heavy atom. The monoisotopic (exact) mass is 407 g/mol. The first-order valence-electron chi connectivity index (χ1n) is 10.4. The Bertz CT molecular complexity index is 623. The molecule has 0 unspecified atom stereocenters. The lowest BCUT2D eigenvalue weighted by Gasteiger charge is -2.23. The van der Waals surface area contributed by atoms with Crippen molar-refractivity contribution in [2.75, 3.05) is 12.1 Å². The van der Waals surface area contributed by atoms with Crippen molar-refractivity contribution in [3.8, 4) is 5.75 Å². The average molecular weight is 408 g/mol. The highest BCUT2D eigenvalue weighted by Gasteiger charge is 2.22. The summed E-state index contributed by atoms with van der Waals surface area (Å²) < 4.78 is 5.66. The van der Waals surface area contributed by atoms with E-state index in [4.69, 9.17) is 4.74 Å². The summed E-state index contributed by atoms with van der Waals surface area (Å²) in [6.45, 7) is 8.38. The lowest BCUT2D eigenvalue weighted by Crippen LogP contribution is -2.24. The van der Waals surface area contributed by atoms with Crippen LogP contribution in [-0.4, -0.2) is 24.0 Å². The first kappa shape index (κ1) is 24.5. The Balaban J connectivity index is 2.66. The van der Waals surface area contributed by atoms with Gasteiger partial charge >= 0.3 is 5.97 Å². The highest BCUT2D eigenvalue weighted by Crippen LogP contribution is 2.32. The number of thioether (sulfide) groups is 1. The SMILES string of the molecule is CCCCCCCCCC(=O)Oc1ccc(C(=O)NCSC)cc1C(C)(C)C. The minimum atomic E-state index is -0.231. The Morgan fingerprint density at radius 1 is 1.04 bits per heavy atom. The number of ether oxygens (including phenoxy) is 1. The Labute approximate surface area is 175 Å². The third kappa shape index (κ3) is 9.13. The fourth-order valence-electron chi connectivity index (χ4n) is 2.99. The zero-order valence-electron chi connectivity index (χ0n) is 18.2. The van der Waals surface area contributed by atoms with Gasteiger partial charge in [0.15, 0.2) is 0 Å². The van der Waals surface area contributed by atoms with Gasteiger partial charge < -0.3 is 10.1 Å². The van der Waals surface area contributed by atoms with Crippen LogP contribution in [0.1, 0.15) is 95.0 Å². The van der Waals surface area contributed by atoms with E-state index < -0.39 is 0 Å². The van der Waals surface area contributed by atoms with E-state index in [9.17, 15) is 9.59 Å². The van der Waals surface area contributed by atoms with Crippen LogP contribution in [0, 0.1) is 0 Å². The van der Waals surface area contributed by atoms with E-state index in [2.05, 4.69) is 33.0 Å². The maximum Gasteiger partial charge on any atom is 0.311 e. The number of benzene rings is 1. The van der Waals surface area contributed by atoms with Gasteiger partial charge in [0.05, 0.1) is 5.88 Å². The van der Waals surface area contributed by atoms with E-state index in [-0.39, 0.29) is 17.3 Å². The highest BCUT2D eigenvalue weighted by molar-refractivity contribution is 7.98. The Morgan fingerprint density at radius 2 is 1.68 bits per heavy atom. The molecular weight excluding hydrogens is 370 g/mol. The van der Waals surface area contributed by atoms with Crippen LogP contribution in [0.3, 0.4) is 0 Å². The van der Waals surface area contributed by atoms with Crippen molar-refractivity contribution in [2.24, 2.45) is 0 Å². The van der Waals surface area contributed by atoms with E-state index in [1.807, 2.05) is 12.3 Å². The number of amides is 1. The molecule has 1 amide bonds. The predicted molar refractivity (Wildman–Crippen MR) is 119 cm³/mol. The van der Waals surface area contributed by atoms with Crippen molar-refractivity contribution in [2.45, 2.75) is 84.5 Å². The zero-order chi connectivity index (χ0) is 21.0. The van der Waals surface area contributed by atoms with Gasteiger partial charge in [0.2, 0.25) is 0 Å². The molecule has 0 aliphatic rings. The molecule has 4 nitrogen and oxygen atoms in total. The molecule has 1 rings (SSSR count). The lowest BCUT2D eigenvalue weighted by molar-refractivity contribution is -0.134. The minimum Gasteiger partial charge on any atom is -0.426 e. The number of hydrogen-bond donors (Lipinski definition) is 1. The van der Waals surface area contributed by atoms with Gasteiger partial charge in [-0.15, -0.1) is 11.8 Å². The Kier molecular flexibility index (Phi) is 11.3. The standard InChI is InChI=1S/C23H37NO3S/c1-6-7-8-9-10-11-12-13-21(25)27-20-15-14-18(22(26)24-17-28-5)16-19(20)23(2,3)4/h14-16H,6-13,17H2,1-5H3,(H,24,26). The molecule has 0 saturated heterocycles. The van der Waals surface area contributed by atoms with Crippen LogP contribution in [0.25, 0.3) is 0 Å². The molecule has 0 fully saturated rings. The van der Waals surface area contributed by atoms with E-state index in [0.717, 1.165) is 18.4 Å². The second-order valence-electron chi connectivity index (χ2n) is 8.25. The van der Waals surface area contributed by atoms with Gasteiger partial charge in [-0.1, -0.05) is 66.2 Å². The maximum atomic E-state index is 12.3. The molecule has 0 heterocycles. The van der Waals surface area contributed by atoms with Crippen molar-refractivity contribution in [3.63, 3.8) is 0 Å². The summed E-state index contributed by atoms with van der Waals surface area (Å²) in [5, 5.41) is 2.86. The molecule has 0 saturated carbocycles. The first-order valence-corrected chi connectivity index (χ1v) is 11.8. The molecule has 0 spiro atoms. The van der Waals surface area contributed by atoms with Crippen LogP contribution in [0.2, 0.25) is 0 Å². The molecule has 28 heavy (non-hydrogen) atoms. The second kappa shape index (κ2) is 12.9. The minimum absolute atomic E-state index is 0.110. The van der Waals surface area contributed by atoms with Gasteiger partial charge in [-0.2, -0.15) is 0 Å². The molecule has 0 bridgehead atoms. The second-order valence-corrected chi connectivity index (χ2v) is 9.11. The molecule has 0 radical (unpaired) electrons. The first-order chi connectivity index (χ1) is 13.3. The molecular formula is C23H37NO3S. The van der Waals surface area contributed by atoms with Crippen molar-refractivity contribution in [3.05, 3.63) is 29.3 Å². The predicted octanol–water partition coefficient (Wildman–Crippen LogP) is 6.08. The summed E-state index contributed by atoms with van der Waals surface area (Å²) in [6, 6.07) is 5.31. The smallest absolute Gasteiger partial charge is 0.311 e. The number of carbonyl (C=O) groups excluding carboxylic acids is 2. The summed E-state index contributed by atoms with van der Waals surface area (Å²) in [7, 11) is 0. The van der Waals surface area contributed by atoms with Crippen LogP contribution < -0.4 is 10.1 Å². The fraction of sp³-hybridized carbons (Fsp3) is 0.652. The quantitative estimate of drug-likeness (QED) is 0.197. The van der Waals surface area contributed by atoms with Crippen LogP contribution in [0.15, 0.2) is 18.2 Å². The molecule has 1 aromatic carbocycles. The highest BCUT2D eigenvalue weighted by atomic mass is 32.2. The van der Waals surface area contributed by atoms with Crippen molar-refractivity contribution in [1.82, 2.24) is 5.32 Å². The summed E-state index contributed by atoms with van der Waals surface area (Å²) in [5.74, 6) is 0.820. The van der Waals surface area contributed by atoms with E-state index in [1.54, 1.807) is 23.9 Å². The van der Waals surface area contributed by atoms with E-state index in [0.29, 0.717) is 23.6 Å². The summed E-state index contributed by atoms with van der Waals surface area (Å²) >= 11 is 1.56. The number of nitrogens with one attached hydrogen (secondary N) is 1. The topological polar surface area (TPSA) is 55.4 Å². The van der Waals surface area contributed by atoms with Crippen molar-refractivity contribution >= 4 is 23.6 Å². The normalized spacial score (nSPS) is 11.3. The third-order valence-corrected chi connectivity index (χ3v) is 5.07. The van der Waals surface area contributed by atoms with Crippen LogP contribution in [-0.2, 0) is 10.2 Å². The summed E-state index contributed by atoms with van der Waals surface area (Å²) in [5.41, 5.74) is 1.23. The van der Waals surface area contributed by atoms with Gasteiger partial charge in [-0.25, -0.2) is 0 Å². The van der Waals surface area contributed by atoms with Gasteiger partial charge in [0.1, 0.15) is 5.75 Å². The number of esters is 1. The fourth-order valence-corrected chi connectivity index (χ4v) is 3.26. The van der Waals surface area contributed by atoms with E-state index >= 15 is 0 Å². The van der Waals surface area contributed by atoms with Gasteiger partial charge in [0, 0.05) is 17.5 Å². The number of unbranched alkanes of at least 4 members (excludes halogenated alkanes) is 6. The van der Waals surface area contributed by atoms with Crippen molar-refractivity contribution in [1.29, 1.82) is 0 Å². The van der Waals surface area contributed by atoms with Gasteiger partial charge in [0.25, 0.3) is 5.91 Å². The zero-order valence-corrected chi connectivity index (χ0v) is 19.0. The number of carbonyl (C=O) groups is 2. The average Bonchev–Trinajstić information content (AvgIpc) is 2.64. The summed E-state index contributed by atoms with van der Waals surface area (Å²) in [6.07, 6.45) is 10.6. The van der Waals surface area contributed by atoms with Crippen LogP contribution in [0.4, 0.5) is 0 Å². The molecule has 0 aliphatic carbocycles. The Hall–Kier alpha value is -1.49. The maximum absolute atomic E-state index is 12.3. The van der Waals surface area contributed by atoms with Crippen LogP contribution >= 0.6 is 11.8 Å². The molecule has 0 aromatic heterocycles. The molecule has 0 aliphatic heterocycles. The van der Waals surface area contributed by atoms with Crippen LogP contribution in [0.5, 0.6) is 5.75 Å². The van der Waals surface area contributed by atoms with Gasteiger partial charge in [-0.05, 0) is 36.3 Å². The largest absolute Gasteiger partial charge is 0.426 e. The van der Waals surface area contributed by atoms with Gasteiger partial charge in [-0.3, -0.25) is 9.59 Å². The number of rotatable bonds is 12.